The summed E-state index contributed by atoms with van der Waals surface area (Å²) in [7, 11) is 0. The van der Waals surface area contributed by atoms with E-state index in [4.69, 9.17) is 27.6 Å². The second kappa shape index (κ2) is 14.2. The molecule has 12 heteroatoms. The molecule has 0 radical (unpaired) electrons. The third-order valence-corrected chi connectivity index (χ3v) is 8.08. The molecule has 5 aromatic rings. The molecule has 0 aliphatic carbocycles. The van der Waals surface area contributed by atoms with E-state index in [0.29, 0.717) is 37.9 Å². The number of amides is 3. The molecule has 3 amide bonds. The van der Waals surface area contributed by atoms with Gasteiger partial charge in [-0.2, -0.15) is 0 Å². The molecule has 0 fully saturated rings. The zero-order valence-electron chi connectivity index (χ0n) is 22.2. The van der Waals surface area contributed by atoms with Gasteiger partial charge in [0, 0.05) is 38.2 Å². The van der Waals surface area contributed by atoms with Crippen LogP contribution in [0.5, 0.6) is 0 Å². The molecule has 3 N–H and O–H groups in total. The lowest BCUT2D eigenvalue weighted by Gasteiger charge is -2.12. The topological polar surface area (TPSA) is 113 Å². The van der Waals surface area contributed by atoms with E-state index >= 15 is 0 Å². The zero-order chi connectivity index (χ0) is 30.2. The number of thiazole rings is 1. The number of carbonyl (C=O) groups is 3. The summed E-state index contributed by atoms with van der Waals surface area (Å²) in [6, 6.07) is 24.1. The van der Waals surface area contributed by atoms with E-state index in [2.05, 4.69) is 20.9 Å². The summed E-state index contributed by atoms with van der Waals surface area (Å²) in [6.45, 7) is 0. The van der Waals surface area contributed by atoms with Gasteiger partial charge in [0.25, 0.3) is 11.8 Å². The Morgan fingerprint density at radius 2 is 1.77 bits per heavy atom. The fourth-order valence-electron chi connectivity index (χ4n) is 3.78. The van der Waals surface area contributed by atoms with E-state index in [0.717, 1.165) is 10.5 Å². The summed E-state index contributed by atoms with van der Waals surface area (Å²) >= 11 is 14.8. The summed E-state index contributed by atoms with van der Waals surface area (Å²) in [5.74, 6) is -0.703. The van der Waals surface area contributed by atoms with Gasteiger partial charge in [0.2, 0.25) is 5.91 Å². The summed E-state index contributed by atoms with van der Waals surface area (Å²) in [4.78, 5) is 43.8. The molecule has 216 valence electrons. The van der Waals surface area contributed by atoms with E-state index < -0.39 is 11.8 Å². The molecular weight excluding hydrogens is 627 g/mol. The number of anilines is 2. The summed E-state index contributed by atoms with van der Waals surface area (Å²) < 4.78 is 5.34. The molecule has 43 heavy (non-hydrogen) atoms. The Morgan fingerprint density at radius 1 is 0.930 bits per heavy atom. The van der Waals surface area contributed by atoms with Gasteiger partial charge in [0.05, 0.1) is 22.7 Å². The van der Waals surface area contributed by atoms with E-state index in [9.17, 15) is 14.4 Å². The normalized spacial score (nSPS) is 11.2. The van der Waals surface area contributed by atoms with Gasteiger partial charge in [-0.25, -0.2) is 4.98 Å². The Bertz CT molecular complexity index is 1790. The number of rotatable bonds is 10. The lowest BCUT2D eigenvalue weighted by Crippen LogP contribution is -2.30. The van der Waals surface area contributed by atoms with Crippen LogP contribution >= 0.6 is 46.3 Å². The highest BCUT2D eigenvalue weighted by molar-refractivity contribution is 8.00. The average Bonchev–Trinajstić information content (AvgIpc) is 3.69. The second-order valence-electron chi connectivity index (χ2n) is 8.87. The first kappa shape index (κ1) is 30.1. The molecule has 2 aromatic heterocycles. The molecule has 0 saturated heterocycles. The van der Waals surface area contributed by atoms with Crippen molar-refractivity contribution in [2.24, 2.45) is 0 Å². The molecule has 0 bridgehead atoms. The maximum Gasteiger partial charge on any atom is 0.272 e. The molecule has 5 rings (SSSR count). The van der Waals surface area contributed by atoms with Crippen molar-refractivity contribution in [3.8, 4) is 11.3 Å². The largest absolute Gasteiger partial charge is 0.465 e. The quantitative estimate of drug-likeness (QED) is 0.105. The Hall–Kier alpha value is -4.35. The highest BCUT2D eigenvalue weighted by atomic mass is 35.5. The Balaban J connectivity index is 1.20. The molecule has 3 aromatic carbocycles. The fraction of sp³-hybridized carbons (Fsp3) is 0.0323. The minimum absolute atomic E-state index is 0.00365. The lowest BCUT2D eigenvalue weighted by atomic mass is 10.2. The Morgan fingerprint density at radius 3 is 2.53 bits per heavy atom. The number of nitrogens with one attached hydrogen (secondary N) is 3. The van der Waals surface area contributed by atoms with Gasteiger partial charge in [-0.05, 0) is 60.7 Å². The van der Waals surface area contributed by atoms with Crippen molar-refractivity contribution in [1.29, 1.82) is 0 Å². The predicted molar refractivity (Wildman–Crippen MR) is 173 cm³/mol. The van der Waals surface area contributed by atoms with Crippen molar-refractivity contribution >= 4 is 80.9 Å². The number of furan rings is 1. The van der Waals surface area contributed by atoms with Crippen molar-refractivity contribution in [1.82, 2.24) is 10.3 Å². The molecule has 0 unspecified atom stereocenters. The minimum Gasteiger partial charge on any atom is -0.465 e. The first-order chi connectivity index (χ1) is 20.8. The second-order valence-corrected chi connectivity index (χ2v) is 11.6. The van der Waals surface area contributed by atoms with Crippen LogP contribution in [0.3, 0.4) is 0 Å². The molecule has 0 aliphatic rings. The van der Waals surface area contributed by atoms with Crippen molar-refractivity contribution in [2.45, 2.75) is 4.90 Å². The number of carbonyl (C=O) groups excluding carboxylic acids is 3. The van der Waals surface area contributed by atoms with Crippen LogP contribution < -0.4 is 16.0 Å². The first-order valence-electron chi connectivity index (χ1n) is 12.7. The first-order valence-corrected chi connectivity index (χ1v) is 15.3. The number of thioether (sulfide) groups is 1. The Labute approximate surface area is 265 Å². The van der Waals surface area contributed by atoms with Crippen LogP contribution in [0.25, 0.3) is 17.3 Å². The maximum atomic E-state index is 13.2. The molecule has 8 nitrogen and oxygen atoms in total. The van der Waals surface area contributed by atoms with E-state index in [1.54, 1.807) is 84.2 Å². The van der Waals surface area contributed by atoms with Gasteiger partial charge in [0.15, 0.2) is 5.13 Å². The molecule has 2 heterocycles. The number of halogens is 2. The zero-order valence-corrected chi connectivity index (χ0v) is 25.3. The third-order valence-electron chi connectivity index (χ3n) is 5.78. The van der Waals surface area contributed by atoms with Crippen molar-refractivity contribution in [3.05, 3.63) is 124 Å². The molecule has 0 spiro atoms. The van der Waals surface area contributed by atoms with E-state index in [1.165, 1.54) is 35.4 Å². The number of hydrogen-bond donors (Lipinski definition) is 3. The SMILES string of the molecule is O=C(CSc1cccc(NC(=O)/C(=C/c2ccco2)NC(=O)c2ccccc2)c1)Nc1nc(-c2ccc(Cl)cc2Cl)cs1. The van der Waals surface area contributed by atoms with Crippen molar-refractivity contribution in [2.75, 3.05) is 16.4 Å². The minimum atomic E-state index is -0.541. The number of aromatic nitrogens is 1. The van der Waals surface area contributed by atoms with Crippen LogP contribution in [0.1, 0.15) is 16.1 Å². The molecule has 0 aliphatic heterocycles. The van der Waals surface area contributed by atoms with Gasteiger partial charge in [-0.3, -0.25) is 14.4 Å². The van der Waals surface area contributed by atoms with Crippen molar-refractivity contribution < 1.29 is 18.8 Å². The number of nitrogens with zero attached hydrogens (tertiary/aromatic N) is 1. The van der Waals surface area contributed by atoms with Gasteiger partial charge < -0.3 is 20.4 Å². The van der Waals surface area contributed by atoms with Gasteiger partial charge in [-0.1, -0.05) is 47.5 Å². The Kier molecular flexibility index (Phi) is 9.96. The lowest BCUT2D eigenvalue weighted by molar-refractivity contribution is -0.114. The van der Waals surface area contributed by atoms with Gasteiger partial charge in [-0.15, -0.1) is 23.1 Å². The van der Waals surface area contributed by atoms with Gasteiger partial charge in [0.1, 0.15) is 11.5 Å². The summed E-state index contributed by atoms with van der Waals surface area (Å²) in [6.07, 6.45) is 2.92. The molecule has 0 atom stereocenters. The van der Waals surface area contributed by atoms with Crippen LogP contribution in [0, 0.1) is 0 Å². The van der Waals surface area contributed by atoms with Crippen LogP contribution in [-0.2, 0) is 9.59 Å². The average molecular weight is 650 g/mol. The highest BCUT2D eigenvalue weighted by Crippen LogP contribution is 2.32. The van der Waals surface area contributed by atoms with Crippen LogP contribution in [0.15, 0.2) is 112 Å². The monoisotopic (exact) mass is 648 g/mol. The maximum absolute atomic E-state index is 13.2. The van der Waals surface area contributed by atoms with Crippen molar-refractivity contribution in [3.63, 3.8) is 0 Å². The van der Waals surface area contributed by atoms with Crippen LogP contribution in [0.2, 0.25) is 10.0 Å². The highest BCUT2D eigenvalue weighted by Gasteiger charge is 2.16. The van der Waals surface area contributed by atoms with E-state index in [-0.39, 0.29) is 17.4 Å². The summed E-state index contributed by atoms with van der Waals surface area (Å²) in [5.41, 5.74) is 2.25. The predicted octanol–water partition coefficient (Wildman–Crippen LogP) is 7.85. The summed E-state index contributed by atoms with van der Waals surface area (Å²) in [5, 5.41) is 11.5. The number of benzene rings is 3. The van der Waals surface area contributed by atoms with E-state index in [1.807, 2.05) is 6.07 Å². The molecule has 0 saturated carbocycles. The van der Waals surface area contributed by atoms with Crippen LogP contribution in [0.4, 0.5) is 10.8 Å². The fourth-order valence-corrected chi connectivity index (χ4v) is 5.76. The smallest absolute Gasteiger partial charge is 0.272 e. The van der Waals surface area contributed by atoms with Crippen LogP contribution in [-0.4, -0.2) is 28.5 Å². The third kappa shape index (κ3) is 8.36. The standard InChI is InChI=1S/C31H22Cl2N4O4S2/c32-20-11-12-24(25(33)14-20)27-17-43-31(36-27)37-28(38)18-42-23-10-4-8-21(15-23)34-30(40)26(16-22-9-5-13-41-22)35-29(39)19-6-2-1-3-7-19/h1-17H,18H2,(H,34,40)(H,35,39)(H,36,37,38)/b26-16-. The number of hydrogen-bond acceptors (Lipinski definition) is 7. The molecular formula is C31H22Cl2N4O4S2. The van der Waals surface area contributed by atoms with Gasteiger partial charge >= 0.3 is 0 Å².